The third kappa shape index (κ3) is 5.65. The molecule has 0 aliphatic heterocycles. The van der Waals surface area contributed by atoms with Gasteiger partial charge >= 0.3 is 0 Å². The molecule has 0 aliphatic carbocycles. The summed E-state index contributed by atoms with van der Waals surface area (Å²) in [6, 6.07) is 10.2. The Morgan fingerprint density at radius 1 is 0.714 bits per heavy atom. The zero-order chi connectivity index (χ0) is 16.4. The first-order valence-corrected chi connectivity index (χ1v) is 7.21. The predicted molar refractivity (Wildman–Crippen MR) is 90.5 cm³/mol. The Morgan fingerprint density at radius 3 is 1.33 bits per heavy atom. The van der Waals surface area contributed by atoms with E-state index in [4.69, 9.17) is 11.5 Å². The van der Waals surface area contributed by atoms with Gasteiger partial charge in [-0.3, -0.25) is 0 Å². The molecule has 21 heavy (non-hydrogen) atoms. The van der Waals surface area contributed by atoms with Crippen LogP contribution < -0.4 is 11.5 Å². The predicted octanol–water partition coefficient (Wildman–Crippen LogP) is 3.91. The van der Waals surface area contributed by atoms with Gasteiger partial charge in [0.2, 0.25) is 0 Å². The quantitative estimate of drug-likeness (QED) is 0.498. The second kappa shape index (κ2) is 9.53. The van der Waals surface area contributed by atoms with E-state index in [1.54, 1.807) is 36.4 Å². The van der Waals surface area contributed by atoms with Crippen LogP contribution >= 0.6 is 0 Å². The van der Waals surface area contributed by atoms with Crippen molar-refractivity contribution >= 4 is 11.4 Å². The number of hydrogen-bond acceptors (Lipinski definition) is 4. The highest BCUT2D eigenvalue weighted by molar-refractivity contribution is 5.56. The molecule has 0 unspecified atom stereocenters. The molecule has 6 N–H and O–H groups in total. The maximum absolute atomic E-state index is 9.31. The summed E-state index contributed by atoms with van der Waals surface area (Å²) in [6.07, 6.45) is 0.648. The molecular formula is C17H26N2O2. The Hall–Kier alpha value is -2.36. The summed E-state index contributed by atoms with van der Waals surface area (Å²) in [5, 5.41) is 18.6. The van der Waals surface area contributed by atoms with Crippen molar-refractivity contribution in [3.8, 4) is 11.5 Å². The molecule has 0 saturated heterocycles. The summed E-state index contributed by atoms with van der Waals surface area (Å²) < 4.78 is 0. The lowest BCUT2D eigenvalue weighted by molar-refractivity contribution is 0.477. The molecule has 0 heterocycles. The van der Waals surface area contributed by atoms with E-state index in [2.05, 4.69) is 0 Å². The Kier molecular flexibility index (Phi) is 8.46. The third-order valence-corrected chi connectivity index (χ3v) is 2.59. The molecule has 0 aliphatic rings. The van der Waals surface area contributed by atoms with Gasteiger partial charge in [-0.25, -0.2) is 0 Å². The number of nitrogens with two attached hydrogens (primary N) is 2. The first-order valence-electron chi connectivity index (χ1n) is 7.21. The van der Waals surface area contributed by atoms with Crippen molar-refractivity contribution in [1.29, 1.82) is 0 Å². The fraction of sp³-hybridized carbons (Fsp3) is 0.294. The molecule has 0 amide bonds. The fourth-order valence-corrected chi connectivity index (χ4v) is 1.66. The van der Waals surface area contributed by atoms with Gasteiger partial charge in [-0.1, -0.05) is 39.8 Å². The maximum Gasteiger partial charge on any atom is 0.138 e. The van der Waals surface area contributed by atoms with Crippen molar-refractivity contribution in [2.45, 2.75) is 34.1 Å². The lowest BCUT2D eigenvalue weighted by atomic mass is 10.0. The maximum atomic E-state index is 9.31. The van der Waals surface area contributed by atoms with Gasteiger partial charge < -0.3 is 21.7 Å². The van der Waals surface area contributed by atoms with Gasteiger partial charge in [0.1, 0.15) is 11.5 Å². The molecule has 2 aromatic carbocycles. The number of aromatic hydroxyl groups is 2. The summed E-state index contributed by atoms with van der Waals surface area (Å²) in [4.78, 5) is 0. The lowest BCUT2D eigenvalue weighted by Crippen LogP contribution is -1.93. The average Bonchev–Trinajstić information content (AvgIpc) is 2.51. The van der Waals surface area contributed by atoms with E-state index >= 15 is 0 Å². The number of phenolic OH excluding ortho intramolecular Hbond substituents is 2. The van der Waals surface area contributed by atoms with E-state index < -0.39 is 0 Å². The highest BCUT2D eigenvalue weighted by Gasteiger charge is 2.03. The van der Waals surface area contributed by atoms with Crippen molar-refractivity contribution in [2.24, 2.45) is 0 Å². The van der Waals surface area contributed by atoms with Crippen LogP contribution in [0.3, 0.4) is 0 Å². The van der Waals surface area contributed by atoms with Gasteiger partial charge in [0, 0.05) is 0 Å². The van der Waals surface area contributed by atoms with Crippen LogP contribution in [0.1, 0.15) is 38.8 Å². The SMILES string of the molecule is CC.CC.Nc1cc(Cc2ccc(O)c(N)c2)ccc1O. The van der Waals surface area contributed by atoms with Crippen LogP contribution in [0.5, 0.6) is 11.5 Å². The average molecular weight is 290 g/mol. The van der Waals surface area contributed by atoms with E-state index in [1.165, 1.54) is 0 Å². The number of rotatable bonds is 2. The van der Waals surface area contributed by atoms with Gasteiger partial charge in [-0.05, 0) is 41.8 Å². The molecule has 2 rings (SSSR count). The summed E-state index contributed by atoms with van der Waals surface area (Å²) in [7, 11) is 0. The van der Waals surface area contributed by atoms with Crippen LogP contribution in [0.25, 0.3) is 0 Å². The molecule has 0 bridgehead atoms. The molecule has 116 valence electrons. The van der Waals surface area contributed by atoms with Crippen molar-refractivity contribution in [3.05, 3.63) is 47.5 Å². The first kappa shape index (κ1) is 18.6. The number of anilines is 2. The van der Waals surface area contributed by atoms with Crippen molar-refractivity contribution < 1.29 is 10.2 Å². The molecule has 2 aromatic rings. The summed E-state index contributed by atoms with van der Waals surface area (Å²) in [5.41, 5.74) is 13.9. The van der Waals surface area contributed by atoms with E-state index in [9.17, 15) is 10.2 Å². The fourth-order valence-electron chi connectivity index (χ4n) is 1.66. The smallest absolute Gasteiger partial charge is 0.138 e. The molecule has 0 fully saturated rings. The Balaban J connectivity index is 0.000000921. The summed E-state index contributed by atoms with van der Waals surface area (Å²) in [6.45, 7) is 8.00. The van der Waals surface area contributed by atoms with Crippen LogP contribution in [0.2, 0.25) is 0 Å². The lowest BCUT2D eigenvalue weighted by Gasteiger charge is -2.06. The highest BCUT2D eigenvalue weighted by Crippen LogP contribution is 2.25. The van der Waals surface area contributed by atoms with E-state index in [0.29, 0.717) is 17.8 Å². The monoisotopic (exact) mass is 290 g/mol. The van der Waals surface area contributed by atoms with Gasteiger partial charge in [0.15, 0.2) is 0 Å². The zero-order valence-electron chi connectivity index (χ0n) is 13.2. The molecule has 0 aromatic heterocycles. The minimum absolute atomic E-state index is 0.0824. The van der Waals surface area contributed by atoms with Crippen molar-refractivity contribution in [2.75, 3.05) is 11.5 Å². The Morgan fingerprint density at radius 2 is 1.05 bits per heavy atom. The minimum Gasteiger partial charge on any atom is -0.506 e. The molecule has 0 saturated carbocycles. The van der Waals surface area contributed by atoms with Crippen LogP contribution in [-0.2, 0) is 6.42 Å². The third-order valence-electron chi connectivity index (χ3n) is 2.59. The standard InChI is InChI=1S/C13H14N2O2.2C2H6/c14-10-6-8(1-3-12(10)16)5-9-2-4-13(17)11(15)7-9;2*1-2/h1-4,6-7,16-17H,5,14-15H2;2*1-2H3. The van der Waals surface area contributed by atoms with Crippen LogP contribution in [0, 0.1) is 0 Å². The minimum atomic E-state index is 0.0824. The molecule has 0 spiro atoms. The van der Waals surface area contributed by atoms with Gasteiger partial charge in [0.25, 0.3) is 0 Å². The zero-order valence-corrected chi connectivity index (χ0v) is 13.2. The summed E-state index contributed by atoms with van der Waals surface area (Å²) >= 11 is 0. The number of hydrogen-bond donors (Lipinski definition) is 4. The van der Waals surface area contributed by atoms with Crippen LogP contribution in [0.15, 0.2) is 36.4 Å². The molecule has 4 nitrogen and oxygen atoms in total. The Labute approximate surface area is 127 Å². The first-order chi connectivity index (χ1) is 10.1. The van der Waals surface area contributed by atoms with Crippen molar-refractivity contribution in [3.63, 3.8) is 0 Å². The second-order valence-corrected chi connectivity index (χ2v) is 3.96. The Bertz CT molecular complexity index is 505. The highest BCUT2D eigenvalue weighted by atomic mass is 16.3. The molecular weight excluding hydrogens is 264 g/mol. The normalized spacial score (nSPS) is 8.95. The largest absolute Gasteiger partial charge is 0.506 e. The van der Waals surface area contributed by atoms with Gasteiger partial charge in [0.05, 0.1) is 11.4 Å². The molecule has 0 atom stereocenters. The number of phenols is 2. The van der Waals surface area contributed by atoms with Crippen molar-refractivity contribution in [1.82, 2.24) is 0 Å². The summed E-state index contributed by atoms with van der Waals surface area (Å²) in [5.74, 6) is 0.165. The van der Waals surface area contributed by atoms with Gasteiger partial charge in [-0.15, -0.1) is 0 Å². The van der Waals surface area contributed by atoms with Gasteiger partial charge in [-0.2, -0.15) is 0 Å². The van der Waals surface area contributed by atoms with E-state index in [-0.39, 0.29) is 11.5 Å². The molecule has 0 radical (unpaired) electrons. The molecule has 4 heteroatoms. The number of benzene rings is 2. The van der Waals surface area contributed by atoms with Crippen LogP contribution in [0.4, 0.5) is 11.4 Å². The van der Waals surface area contributed by atoms with Crippen LogP contribution in [-0.4, -0.2) is 10.2 Å². The number of nitrogen functional groups attached to an aromatic ring is 2. The second-order valence-electron chi connectivity index (χ2n) is 3.96. The van der Waals surface area contributed by atoms with E-state index in [0.717, 1.165) is 11.1 Å². The topological polar surface area (TPSA) is 92.5 Å². The van der Waals surface area contributed by atoms with E-state index in [1.807, 2.05) is 27.7 Å².